The fraction of sp³-hybridized carbons (Fsp3) is 0.100. The smallest absolute Gasteiger partial charge is 0.289 e. The standard InChI is InChI=1S/C10H10ClN3O/c11-8-2-4-9(5-3-8)13-6-1-7-14(12)10(13)15/h1-5,7H,6,12H2. The molecule has 0 spiro atoms. The Kier molecular flexibility index (Phi) is 2.62. The summed E-state index contributed by atoms with van der Waals surface area (Å²) in [6.45, 7) is 0.522. The van der Waals surface area contributed by atoms with Crippen LogP contribution in [0.5, 0.6) is 0 Å². The minimum atomic E-state index is -0.250. The van der Waals surface area contributed by atoms with Gasteiger partial charge in [-0.25, -0.2) is 15.6 Å². The molecule has 0 fully saturated rings. The number of anilines is 1. The van der Waals surface area contributed by atoms with E-state index in [0.717, 1.165) is 10.7 Å². The normalized spacial score (nSPS) is 16.0. The van der Waals surface area contributed by atoms with Crippen LogP contribution in [-0.2, 0) is 0 Å². The van der Waals surface area contributed by atoms with Crippen molar-refractivity contribution in [3.05, 3.63) is 41.6 Å². The first kappa shape index (κ1) is 10.0. The largest absolute Gasteiger partial charge is 0.343 e. The number of benzene rings is 1. The summed E-state index contributed by atoms with van der Waals surface area (Å²) in [5.41, 5.74) is 0.782. The van der Waals surface area contributed by atoms with Crippen molar-refractivity contribution >= 4 is 23.3 Å². The van der Waals surface area contributed by atoms with E-state index in [9.17, 15) is 4.79 Å². The molecule has 1 aliphatic rings. The monoisotopic (exact) mass is 223 g/mol. The van der Waals surface area contributed by atoms with Crippen molar-refractivity contribution in [1.82, 2.24) is 5.01 Å². The number of halogens is 1. The molecule has 2 rings (SSSR count). The van der Waals surface area contributed by atoms with Crippen molar-refractivity contribution < 1.29 is 4.79 Å². The molecular weight excluding hydrogens is 214 g/mol. The molecule has 1 aromatic carbocycles. The third kappa shape index (κ3) is 1.95. The number of amides is 2. The molecule has 2 N–H and O–H groups in total. The lowest BCUT2D eigenvalue weighted by molar-refractivity contribution is 0.221. The zero-order valence-electron chi connectivity index (χ0n) is 7.93. The Morgan fingerprint density at radius 3 is 2.60 bits per heavy atom. The zero-order chi connectivity index (χ0) is 10.8. The number of urea groups is 1. The average Bonchev–Trinajstić information content (AvgIpc) is 2.24. The molecule has 78 valence electrons. The third-order valence-corrected chi connectivity index (χ3v) is 2.40. The van der Waals surface area contributed by atoms with Gasteiger partial charge < -0.3 is 0 Å². The highest BCUT2D eigenvalue weighted by atomic mass is 35.5. The first-order valence-corrected chi connectivity index (χ1v) is 4.84. The molecule has 5 heteroatoms. The van der Waals surface area contributed by atoms with Gasteiger partial charge in [-0.05, 0) is 30.3 Å². The molecule has 1 heterocycles. The maximum atomic E-state index is 11.7. The van der Waals surface area contributed by atoms with Gasteiger partial charge in [0.2, 0.25) is 0 Å². The first-order valence-electron chi connectivity index (χ1n) is 4.46. The van der Waals surface area contributed by atoms with E-state index >= 15 is 0 Å². The Morgan fingerprint density at radius 2 is 1.93 bits per heavy atom. The van der Waals surface area contributed by atoms with Crippen molar-refractivity contribution in [3.63, 3.8) is 0 Å². The van der Waals surface area contributed by atoms with E-state index in [1.807, 2.05) is 6.08 Å². The van der Waals surface area contributed by atoms with Crippen LogP contribution in [0.25, 0.3) is 0 Å². The molecule has 1 aliphatic heterocycles. The molecule has 0 saturated carbocycles. The van der Waals surface area contributed by atoms with E-state index in [-0.39, 0.29) is 6.03 Å². The molecule has 0 aromatic heterocycles. The van der Waals surface area contributed by atoms with Gasteiger partial charge >= 0.3 is 6.03 Å². The zero-order valence-corrected chi connectivity index (χ0v) is 8.69. The molecule has 2 amide bonds. The maximum Gasteiger partial charge on any atom is 0.343 e. The number of nitrogens with two attached hydrogens (primary N) is 1. The summed E-state index contributed by atoms with van der Waals surface area (Å²) in [6, 6.07) is 6.80. The number of hydrogen-bond acceptors (Lipinski definition) is 2. The van der Waals surface area contributed by atoms with E-state index in [0.29, 0.717) is 11.6 Å². The highest BCUT2D eigenvalue weighted by Gasteiger charge is 2.20. The quantitative estimate of drug-likeness (QED) is 0.585. The number of nitrogens with zero attached hydrogens (tertiary/aromatic N) is 2. The van der Waals surface area contributed by atoms with Crippen molar-refractivity contribution in [2.45, 2.75) is 0 Å². The third-order valence-electron chi connectivity index (χ3n) is 2.14. The number of hydrogen-bond donors (Lipinski definition) is 1. The van der Waals surface area contributed by atoms with Gasteiger partial charge in [-0.2, -0.15) is 0 Å². The fourth-order valence-corrected chi connectivity index (χ4v) is 1.51. The number of carbonyl (C=O) groups excluding carboxylic acids is 1. The number of rotatable bonds is 1. The van der Waals surface area contributed by atoms with Crippen LogP contribution in [0.4, 0.5) is 10.5 Å². The van der Waals surface area contributed by atoms with Crippen molar-refractivity contribution in [2.75, 3.05) is 11.4 Å². The molecule has 0 aliphatic carbocycles. The number of hydrazine groups is 1. The van der Waals surface area contributed by atoms with Crippen LogP contribution in [0.15, 0.2) is 36.5 Å². The van der Waals surface area contributed by atoms with Crippen LogP contribution in [-0.4, -0.2) is 17.6 Å². The minimum Gasteiger partial charge on any atom is -0.289 e. The summed E-state index contributed by atoms with van der Waals surface area (Å²) >= 11 is 5.76. The molecule has 15 heavy (non-hydrogen) atoms. The van der Waals surface area contributed by atoms with Crippen LogP contribution in [0.1, 0.15) is 0 Å². The summed E-state index contributed by atoms with van der Waals surface area (Å²) in [5, 5.41) is 1.70. The first-order chi connectivity index (χ1) is 7.18. The molecule has 0 unspecified atom stereocenters. The molecule has 0 radical (unpaired) electrons. The summed E-state index contributed by atoms with van der Waals surface area (Å²) in [7, 11) is 0. The van der Waals surface area contributed by atoms with E-state index in [1.54, 1.807) is 35.4 Å². The predicted octanol–water partition coefficient (Wildman–Crippen LogP) is 1.97. The lowest BCUT2D eigenvalue weighted by Gasteiger charge is -2.28. The Hall–Kier alpha value is -1.52. The molecular formula is C10H10ClN3O. The Morgan fingerprint density at radius 1 is 1.27 bits per heavy atom. The highest BCUT2D eigenvalue weighted by molar-refractivity contribution is 6.30. The van der Waals surface area contributed by atoms with E-state index in [4.69, 9.17) is 17.4 Å². The van der Waals surface area contributed by atoms with Gasteiger partial charge in [-0.1, -0.05) is 11.6 Å². The van der Waals surface area contributed by atoms with Gasteiger partial charge in [-0.15, -0.1) is 0 Å². The lowest BCUT2D eigenvalue weighted by atomic mass is 10.3. The molecule has 0 bridgehead atoms. The van der Waals surface area contributed by atoms with Gasteiger partial charge in [0.15, 0.2) is 0 Å². The van der Waals surface area contributed by atoms with Crippen molar-refractivity contribution in [2.24, 2.45) is 5.84 Å². The minimum absolute atomic E-state index is 0.250. The van der Waals surface area contributed by atoms with Gasteiger partial charge in [0.25, 0.3) is 0 Å². The van der Waals surface area contributed by atoms with Crippen molar-refractivity contribution in [1.29, 1.82) is 0 Å². The molecule has 0 saturated heterocycles. The van der Waals surface area contributed by atoms with Crippen molar-refractivity contribution in [3.8, 4) is 0 Å². The fourth-order valence-electron chi connectivity index (χ4n) is 1.38. The summed E-state index contributed by atoms with van der Waals surface area (Å²) < 4.78 is 0. The van der Waals surface area contributed by atoms with E-state index in [1.165, 1.54) is 0 Å². The van der Waals surface area contributed by atoms with Crippen LogP contribution in [0.2, 0.25) is 5.02 Å². The van der Waals surface area contributed by atoms with E-state index < -0.39 is 0 Å². The second-order valence-corrected chi connectivity index (χ2v) is 3.60. The second kappa shape index (κ2) is 3.92. The highest BCUT2D eigenvalue weighted by Crippen LogP contribution is 2.20. The summed E-state index contributed by atoms with van der Waals surface area (Å²) in [4.78, 5) is 13.2. The predicted molar refractivity (Wildman–Crippen MR) is 59.4 cm³/mol. The van der Waals surface area contributed by atoms with Gasteiger partial charge in [0.05, 0.1) is 0 Å². The number of carbonyl (C=O) groups is 1. The van der Waals surface area contributed by atoms with Crippen LogP contribution < -0.4 is 10.7 Å². The molecule has 1 aromatic rings. The Balaban J connectivity index is 2.28. The van der Waals surface area contributed by atoms with Crippen LogP contribution in [0.3, 0.4) is 0 Å². The summed E-state index contributed by atoms with van der Waals surface area (Å²) in [6.07, 6.45) is 3.37. The van der Waals surface area contributed by atoms with Gasteiger partial charge in [-0.3, -0.25) is 4.90 Å². The van der Waals surface area contributed by atoms with E-state index in [2.05, 4.69) is 0 Å². The molecule has 4 nitrogen and oxygen atoms in total. The maximum absolute atomic E-state index is 11.7. The van der Waals surface area contributed by atoms with Crippen LogP contribution >= 0.6 is 11.6 Å². The second-order valence-electron chi connectivity index (χ2n) is 3.16. The van der Waals surface area contributed by atoms with Gasteiger partial charge in [0, 0.05) is 23.5 Å². The SMILES string of the molecule is NN1C=CCN(c2ccc(Cl)cc2)C1=O. The summed E-state index contributed by atoms with van der Waals surface area (Å²) in [5.74, 6) is 5.47. The van der Waals surface area contributed by atoms with Gasteiger partial charge in [0.1, 0.15) is 0 Å². The Bertz CT molecular complexity index is 402. The topological polar surface area (TPSA) is 49.6 Å². The lowest BCUT2D eigenvalue weighted by Crippen LogP contribution is -2.47. The molecule has 0 atom stereocenters. The average molecular weight is 224 g/mol. The Labute approximate surface area is 92.5 Å². The van der Waals surface area contributed by atoms with Crippen LogP contribution in [0, 0.1) is 0 Å².